The van der Waals surface area contributed by atoms with E-state index in [1.165, 1.54) is 0 Å². The third-order valence-corrected chi connectivity index (χ3v) is 2.95. The molecule has 0 aliphatic rings. The molecule has 0 N–H and O–H groups in total. The lowest BCUT2D eigenvalue weighted by Crippen LogP contribution is -1.92. The molecule has 0 spiro atoms. The SMILES string of the molecule is FCc1cc(Br)ccc1CCCBr. The van der Waals surface area contributed by atoms with Gasteiger partial charge < -0.3 is 0 Å². The van der Waals surface area contributed by atoms with Gasteiger partial charge in [-0.1, -0.05) is 37.9 Å². The molecule has 0 saturated heterocycles. The highest BCUT2D eigenvalue weighted by Crippen LogP contribution is 2.19. The van der Waals surface area contributed by atoms with Gasteiger partial charge in [0.25, 0.3) is 0 Å². The maximum atomic E-state index is 12.6. The van der Waals surface area contributed by atoms with Crippen LogP contribution in [0, 0.1) is 0 Å². The monoisotopic (exact) mass is 308 g/mol. The van der Waals surface area contributed by atoms with E-state index in [9.17, 15) is 4.39 Å². The van der Waals surface area contributed by atoms with Crippen LogP contribution in [0.25, 0.3) is 0 Å². The molecule has 0 heterocycles. The Morgan fingerprint density at radius 1 is 1.23 bits per heavy atom. The molecule has 0 unspecified atom stereocenters. The number of rotatable bonds is 4. The van der Waals surface area contributed by atoms with E-state index < -0.39 is 0 Å². The number of halogens is 3. The molecular formula is C10H11Br2F. The Bertz CT molecular complexity index is 274. The molecule has 0 radical (unpaired) electrons. The Kier molecular flexibility index (Phi) is 4.96. The molecule has 0 saturated carbocycles. The summed E-state index contributed by atoms with van der Waals surface area (Å²) in [5.41, 5.74) is 1.92. The van der Waals surface area contributed by atoms with Gasteiger partial charge in [0.15, 0.2) is 0 Å². The van der Waals surface area contributed by atoms with Gasteiger partial charge in [0.1, 0.15) is 6.67 Å². The van der Waals surface area contributed by atoms with Crippen molar-refractivity contribution in [3.63, 3.8) is 0 Å². The largest absolute Gasteiger partial charge is 0.246 e. The second kappa shape index (κ2) is 5.76. The van der Waals surface area contributed by atoms with Crippen LogP contribution in [0.4, 0.5) is 4.39 Å². The molecule has 0 fully saturated rings. The predicted molar refractivity (Wildman–Crippen MR) is 61.1 cm³/mol. The third-order valence-electron chi connectivity index (χ3n) is 1.89. The van der Waals surface area contributed by atoms with Crippen LogP contribution in [0.5, 0.6) is 0 Å². The van der Waals surface area contributed by atoms with Crippen LogP contribution >= 0.6 is 31.9 Å². The van der Waals surface area contributed by atoms with E-state index in [1.807, 2.05) is 18.2 Å². The zero-order valence-corrected chi connectivity index (χ0v) is 10.4. The van der Waals surface area contributed by atoms with Crippen LogP contribution < -0.4 is 0 Å². The minimum atomic E-state index is -0.378. The normalized spacial score (nSPS) is 10.4. The van der Waals surface area contributed by atoms with Crippen molar-refractivity contribution in [3.05, 3.63) is 33.8 Å². The molecule has 1 aromatic carbocycles. The molecule has 72 valence electrons. The Balaban J connectivity index is 2.79. The topological polar surface area (TPSA) is 0 Å². The summed E-state index contributed by atoms with van der Waals surface area (Å²) >= 11 is 6.69. The minimum Gasteiger partial charge on any atom is -0.246 e. The summed E-state index contributed by atoms with van der Waals surface area (Å²) in [5, 5.41) is 0.967. The van der Waals surface area contributed by atoms with Gasteiger partial charge in [-0.25, -0.2) is 4.39 Å². The summed E-state index contributed by atoms with van der Waals surface area (Å²) in [6, 6.07) is 5.80. The molecule has 1 rings (SSSR count). The Labute approximate surface area is 94.8 Å². The summed E-state index contributed by atoms with van der Waals surface area (Å²) in [6.07, 6.45) is 1.99. The average molecular weight is 310 g/mol. The quantitative estimate of drug-likeness (QED) is 0.730. The summed E-state index contributed by atoms with van der Waals surface area (Å²) < 4.78 is 13.5. The Morgan fingerprint density at radius 3 is 2.62 bits per heavy atom. The van der Waals surface area contributed by atoms with Gasteiger partial charge in [0.05, 0.1) is 0 Å². The molecule has 1 aromatic rings. The predicted octanol–water partition coefficient (Wildman–Crippen LogP) is 4.25. The van der Waals surface area contributed by atoms with Gasteiger partial charge in [-0.05, 0) is 36.1 Å². The van der Waals surface area contributed by atoms with Gasteiger partial charge in [0.2, 0.25) is 0 Å². The molecule has 0 aliphatic carbocycles. The summed E-state index contributed by atoms with van der Waals surface area (Å²) in [4.78, 5) is 0. The highest BCUT2D eigenvalue weighted by atomic mass is 79.9. The van der Waals surface area contributed by atoms with Crippen LogP contribution in [-0.4, -0.2) is 5.33 Å². The first-order valence-corrected chi connectivity index (χ1v) is 6.08. The fraction of sp³-hybridized carbons (Fsp3) is 0.400. The van der Waals surface area contributed by atoms with E-state index in [-0.39, 0.29) is 6.67 Å². The molecule has 0 nitrogen and oxygen atoms in total. The van der Waals surface area contributed by atoms with E-state index >= 15 is 0 Å². The van der Waals surface area contributed by atoms with Crippen molar-refractivity contribution in [1.29, 1.82) is 0 Å². The first-order valence-electron chi connectivity index (χ1n) is 4.17. The fourth-order valence-electron chi connectivity index (χ4n) is 1.22. The Morgan fingerprint density at radius 2 is 2.00 bits per heavy atom. The van der Waals surface area contributed by atoms with Crippen molar-refractivity contribution < 1.29 is 4.39 Å². The van der Waals surface area contributed by atoms with Crippen LogP contribution in [0.15, 0.2) is 22.7 Å². The number of benzene rings is 1. The summed E-state index contributed by atoms with van der Waals surface area (Å²) in [6.45, 7) is -0.378. The summed E-state index contributed by atoms with van der Waals surface area (Å²) in [7, 11) is 0. The minimum absolute atomic E-state index is 0.378. The van der Waals surface area contributed by atoms with Crippen LogP contribution in [0.3, 0.4) is 0 Å². The van der Waals surface area contributed by atoms with Gasteiger partial charge in [-0.3, -0.25) is 0 Å². The first-order chi connectivity index (χ1) is 6.27. The zero-order chi connectivity index (χ0) is 9.68. The Hall–Kier alpha value is 0.110. The van der Waals surface area contributed by atoms with Crippen LogP contribution in [0.1, 0.15) is 17.5 Å². The molecule has 0 amide bonds. The van der Waals surface area contributed by atoms with Gasteiger partial charge in [-0.15, -0.1) is 0 Å². The van der Waals surface area contributed by atoms with E-state index in [0.29, 0.717) is 0 Å². The van der Waals surface area contributed by atoms with E-state index in [0.717, 1.165) is 33.8 Å². The van der Waals surface area contributed by atoms with Crippen LogP contribution in [-0.2, 0) is 13.1 Å². The van der Waals surface area contributed by atoms with Gasteiger partial charge in [0, 0.05) is 9.80 Å². The lowest BCUT2D eigenvalue weighted by Gasteiger charge is -2.05. The number of hydrogen-bond donors (Lipinski definition) is 0. The number of aryl methyl sites for hydroxylation is 1. The lowest BCUT2D eigenvalue weighted by molar-refractivity contribution is 0.482. The van der Waals surface area contributed by atoms with Gasteiger partial charge in [-0.2, -0.15) is 0 Å². The molecule has 0 bridgehead atoms. The molecule has 3 heteroatoms. The highest BCUT2D eigenvalue weighted by Gasteiger charge is 2.02. The van der Waals surface area contributed by atoms with E-state index in [2.05, 4.69) is 31.9 Å². The molecule has 13 heavy (non-hydrogen) atoms. The molecule has 0 atom stereocenters. The van der Waals surface area contributed by atoms with Crippen molar-refractivity contribution in [2.24, 2.45) is 0 Å². The van der Waals surface area contributed by atoms with E-state index in [1.54, 1.807) is 0 Å². The van der Waals surface area contributed by atoms with Gasteiger partial charge >= 0.3 is 0 Å². The highest BCUT2D eigenvalue weighted by molar-refractivity contribution is 9.10. The third kappa shape index (κ3) is 3.39. The second-order valence-corrected chi connectivity index (χ2v) is 4.55. The lowest BCUT2D eigenvalue weighted by atomic mass is 10.0. The van der Waals surface area contributed by atoms with Crippen molar-refractivity contribution in [2.75, 3.05) is 5.33 Å². The first kappa shape index (κ1) is 11.2. The second-order valence-electron chi connectivity index (χ2n) is 2.84. The smallest absolute Gasteiger partial charge is 0.115 e. The fourth-order valence-corrected chi connectivity index (χ4v) is 1.91. The van der Waals surface area contributed by atoms with Crippen molar-refractivity contribution in [3.8, 4) is 0 Å². The zero-order valence-electron chi connectivity index (χ0n) is 7.19. The number of alkyl halides is 2. The maximum Gasteiger partial charge on any atom is 0.115 e. The van der Waals surface area contributed by atoms with Crippen LogP contribution in [0.2, 0.25) is 0 Å². The van der Waals surface area contributed by atoms with E-state index in [4.69, 9.17) is 0 Å². The average Bonchev–Trinajstić information content (AvgIpc) is 2.16. The van der Waals surface area contributed by atoms with Crippen molar-refractivity contribution in [1.82, 2.24) is 0 Å². The standard InChI is InChI=1S/C10H11Br2F/c11-5-1-2-8-3-4-10(12)6-9(8)7-13/h3-4,6H,1-2,5,7H2. The van der Waals surface area contributed by atoms with Crippen molar-refractivity contribution >= 4 is 31.9 Å². The number of hydrogen-bond acceptors (Lipinski definition) is 0. The molecule has 0 aromatic heterocycles. The molecule has 0 aliphatic heterocycles. The molecular weight excluding hydrogens is 299 g/mol. The van der Waals surface area contributed by atoms with Crippen molar-refractivity contribution in [2.45, 2.75) is 19.5 Å². The summed E-state index contributed by atoms with van der Waals surface area (Å²) in [5.74, 6) is 0. The maximum absolute atomic E-state index is 12.6.